The van der Waals surface area contributed by atoms with Crippen molar-refractivity contribution in [2.75, 3.05) is 24.8 Å². The van der Waals surface area contributed by atoms with Gasteiger partial charge >= 0.3 is 0 Å². The van der Waals surface area contributed by atoms with Crippen molar-refractivity contribution in [1.82, 2.24) is 4.98 Å². The second kappa shape index (κ2) is 5.77. The molecule has 0 aliphatic carbocycles. The van der Waals surface area contributed by atoms with Crippen molar-refractivity contribution in [1.29, 1.82) is 0 Å². The van der Waals surface area contributed by atoms with Gasteiger partial charge in [0.2, 0.25) is 0 Å². The summed E-state index contributed by atoms with van der Waals surface area (Å²) in [4.78, 5) is 4.38. The Kier molecular flexibility index (Phi) is 3.84. The second-order valence-corrected chi connectivity index (χ2v) is 5.52. The average Bonchev–Trinajstić information content (AvgIpc) is 2.50. The Balaban J connectivity index is 1.97. The maximum Gasteiger partial charge on any atom is 0.119 e. The standard InChI is InChI=1S/C16H21N3O2/c1-10-7-11(5-6-21-10)19-16-13-8-12(20-2)3-4-15(13)18-9-14(16)17/h3-4,8-11H,5-7,17H2,1-2H3,(H,18,19)/t10-,11-/m0/s1. The summed E-state index contributed by atoms with van der Waals surface area (Å²) in [7, 11) is 1.66. The number of anilines is 2. The normalized spacial score (nSPS) is 22.2. The minimum Gasteiger partial charge on any atom is -0.497 e. The summed E-state index contributed by atoms with van der Waals surface area (Å²) in [5.41, 5.74) is 8.65. The number of hydrogen-bond acceptors (Lipinski definition) is 5. The van der Waals surface area contributed by atoms with Gasteiger partial charge in [-0.25, -0.2) is 0 Å². The third kappa shape index (κ3) is 2.88. The van der Waals surface area contributed by atoms with E-state index in [1.165, 1.54) is 0 Å². The van der Waals surface area contributed by atoms with E-state index in [2.05, 4.69) is 17.2 Å². The first-order valence-electron chi connectivity index (χ1n) is 7.27. The largest absolute Gasteiger partial charge is 0.497 e. The summed E-state index contributed by atoms with van der Waals surface area (Å²) in [6, 6.07) is 6.20. The van der Waals surface area contributed by atoms with E-state index in [1.807, 2.05) is 18.2 Å². The molecule has 1 fully saturated rings. The zero-order valence-electron chi connectivity index (χ0n) is 12.4. The van der Waals surface area contributed by atoms with E-state index < -0.39 is 0 Å². The van der Waals surface area contributed by atoms with E-state index in [-0.39, 0.29) is 6.10 Å². The fourth-order valence-corrected chi connectivity index (χ4v) is 2.81. The maximum absolute atomic E-state index is 6.13. The quantitative estimate of drug-likeness (QED) is 0.908. The molecule has 1 aromatic heterocycles. The Hall–Kier alpha value is -2.01. The highest BCUT2D eigenvalue weighted by Gasteiger charge is 2.20. The highest BCUT2D eigenvalue weighted by molar-refractivity contribution is 5.97. The molecule has 2 aromatic rings. The van der Waals surface area contributed by atoms with Crippen LogP contribution in [0.2, 0.25) is 0 Å². The summed E-state index contributed by atoms with van der Waals surface area (Å²) in [5, 5.41) is 4.57. The molecule has 1 saturated heterocycles. The van der Waals surface area contributed by atoms with E-state index in [4.69, 9.17) is 15.2 Å². The summed E-state index contributed by atoms with van der Waals surface area (Å²) in [5.74, 6) is 0.804. The number of nitrogens with zero attached hydrogens (tertiary/aromatic N) is 1. The van der Waals surface area contributed by atoms with Crippen molar-refractivity contribution in [3.63, 3.8) is 0 Å². The number of benzene rings is 1. The smallest absolute Gasteiger partial charge is 0.119 e. The van der Waals surface area contributed by atoms with Crippen LogP contribution < -0.4 is 15.8 Å². The molecule has 3 rings (SSSR count). The van der Waals surface area contributed by atoms with E-state index in [0.29, 0.717) is 11.7 Å². The molecule has 0 unspecified atom stereocenters. The molecule has 0 saturated carbocycles. The number of hydrogen-bond donors (Lipinski definition) is 2. The molecule has 0 amide bonds. The van der Waals surface area contributed by atoms with Crippen molar-refractivity contribution in [3.05, 3.63) is 24.4 Å². The van der Waals surface area contributed by atoms with E-state index in [0.717, 1.165) is 41.8 Å². The Labute approximate surface area is 124 Å². The van der Waals surface area contributed by atoms with Crippen LogP contribution in [0.25, 0.3) is 10.9 Å². The van der Waals surface area contributed by atoms with Gasteiger partial charge in [-0.1, -0.05) is 0 Å². The number of nitrogens with two attached hydrogens (primary N) is 1. The third-order valence-corrected chi connectivity index (χ3v) is 3.94. The van der Waals surface area contributed by atoms with Crippen LogP contribution in [-0.2, 0) is 4.74 Å². The highest BCUT2D eigenvalue weighted by atomic mass is 16.5. The number of methoxy groups -OCH3 is 1. The zero-order valence-corrected chi connectivity index (χ0v) is 12.4. The Morgan fingerprint density at radius 3 is 3.05 bits per heavy atom. The van der Waals surface area contributed by atoms with Crippen LogP contribution in [0, 0.1) is 0 Å². The van der Waals surface area contributed by atoms with Crippen molar-refractivity contribution in [2.45, 2.75) is 31.9 Å². The first-order chi connectivity index (χ1) is 10.2. The molecular formula is C16H21N3O2. The lowest BCUT2D eigenvalue weighted by atomic mass is 10.0. The molecule has 5 nitrogen and oxygen atoms in total. The number of pyridine rings is 1. The number of nitrogen functional groups attached to an aromatic ring is 1. The number of ether oxygens (including phenoxy) is 2. The molecule has 1 aromatic carbocycles. The predicted molar refractivity (Wildman–Crippen MR) is 84.8 cm³/mol. The molecule has 5 heteroatoms. The number of rotatable bonds is 3. The lowest BCUT2D eigenvalue weighted by Crippen LogP contribution is -2.32. The van der Waals surface area contributed by atoms with Crippen LogP contribution in [-0.4, -0.2) is 30.8 Å². The van der Waals surface area contributed by atoms with Crippen LogP contribution in [0.1, 0.15) is 19.8 Å². The first-order valence-corrected chi connectivity index (χ1v) is 7.27. The minimum absolute atomic E-state index is 0.278. The Morgan fingerprint density at radius 2 is 2.29 bits per heavy atom. The first kappa shape index (κ1) is 13.9. The Bertz CT molecular complexity index is 645. The van der Waals surface area contributed by atoms with Gasteiger partial charge in [0.15, 0.2) is 0 Å². The summed E-state index contributed by atoms with van der Waals surface area (Å²) in [6.07, 6.45) is 3.95. The molecule has 1 aliphatic heterocycles. The molecule has 0 radical (unpaired) electrons. The van der Waals surface area contributed by atoms with Gasteiger partial charge in [0.1, 0.15) is 5.75 Å². The van der Waals surface area contributed by atoms with Gasteiger partial charge in [0.25, 0.3) is 0 Å². The van der Waals surface area contributed by atoms with Crippen LogP contribution in [0.5, 0.6) is 5.75 Å². The topological polar surface area (TPSA) is 69.4 Å². The van der Waals surface area contributed by atoms with Gasteiger partial charge in [-0.05, 0) is 38.0 Å². The van der Waals surface area contributed by atoms with E-state index >= 15 is 0 Å². The van der Waals surface area contributed by atoms with Crippen LogP contribution in [0.4, 0.5) is 11.4 Å². The van der Waals surface area contributed by atoms with Gasteiger partial charge in [-0.15, -0.1) is 0 Å². The molecule has 3 N–H and O–H groups in total. The minimum atomic E-state index is 0.278. The molecule has 21 heavy (non-hydrogen) atoms. The highest BCUT2D eigenvalue weighted by Crippen LogP contribution is 2.32. The van der Waals surface area contributed by atoms with E-state index in [1.54, 1.807) is 13.3 Å². The van der Waals surface area contributed by atoms with Gasteiger partial charge in [0.05, 0.1) is 36.3 Å². The Morgan fingerprint density at radius 1 is 1.43 bits per heavy atom. The van der Waals surface area contributed by atoms with Crippen LogP contribution in [0.15, 0.2) is 24.4 Å². The summed E-state index contributed by atoms with van der Waals surface area (Å²) in [6.45, 7) is 2.88. The van der Waals surface area contributed by atoms with Crippen LogP contribution in [0.3, 0.4) is 0 Å². The maximum atomic E-state index is 6.13. The monoisotopic (exact) mass is 287 g/mol. The van der Waals surface area contributed by atoms with Crippen molar-refractivity contribution in [2.24, 2.45) is 0 Å². The lowest BCUT2D eigenvalue weighted by molar-refractivity contribution is 0.0232. The lowest BCUT2D eigenvalue weighted by Gasteiger charge is -2.29. The van der Waals surface area contributed by atoms with Crippen molar-refractivity contribution < 1.29 is 9.47 Å². The SMILES string of the molecule is COc1ccc2ncc(N)c(N[C@H]3CCO[C@@H](C)C3)c2c1. The number of aromatic nitrogens is 1. The van der Waals surface area contributed by atoms with E-state index in [9.17, 15) is 0 Å². The summed E-state index contributed by atoms with van der Waals surface area (Å²) >= 11 is 0. The fourth-order valence-electron chi connectivity index (χ4n) is 2.81. The predicted octanol–water partition coefficient (Wildman–Crippen LogP) is 2.81. The molecule has 112 valence electrons. The van der Waals surface area contributed by atoms with Crippen molar-refractivity contribution >= 4 is 22.3 Å². The van der Waals surface area contributed by atoms with Gasteiger partial charge < -0.3 is 20.5 Å². The van der Waals surface area contributed by atoms with Crippen molar-refractivity contribution in [3.8, 4) is 5.75 Å². The molecule has 0 spiro atoms. The van der Waals surface area contributed by atoms with Gasteiger partial charge in [0, 0.05) is 18.0 Å². The number of nitrogens with one attached hydrogen (secondary N) is 1. The number of fused-ring (bicyclic) bond motifs is 1. The average molecular weight is 287 g/mol. The molecule has 1 aliphatic rings. The molecule has 2 atom stereocenters. The fraction of sp³-hybridized carbons (Fsp3) is 0.438. The zero-order chi connectivity index (χ0) is 14.8. The van der Waals surface area contributed by atoms with Crippen LogP contribution >= 0.6 is 0 Å². The van der Waals surface area contributed by atoms with Gasteiger partial charge in [-0.2, -0.15) is 0 Å². The van der Waals surface area contributed by atoms with Gasteiger partial charge in [-0.3, -0.25) is 4.98 Å². The molecule has 0 bridgehead atoms. The third-order valence-electron chi connectivity index (χ3n) is 3.94. The molecular weight excluding hydrogens is 266 g/mol. The molecule has 2 heterocycles. The summed E-state index contributed by atoms with van der Waals surface area (Å²) < 4.78 is 10.9. The second-order valence-electron chi connectivity index (χ2n) is 5.52.